The normalized spacial score (nSPS) is 10.7. The maximum atomic E-state index is 12.7. The molecule has 0 spiro atoms. The van der Waals surface area contributed by atoms with Crippen LogP contribution in [-0.4, -0.2) is 15.0 Å². The van der Waals surface area contributed by atoms with Gasteiger partial charge in [0.25, 0.3) is 0 Å². The summed E-state index contributed by atoms with van der Waals surface area (Å²) in [6.07, 6.45) is 1.56. The Morgan fingerprint density at radius 2 is 1.73 bits per heavy atom. The van der Waals surface area contributed by atoms with E-state index in [1.54, 1.807) is 54.6 Å². The second-order valence-electron chi connectivity index (χ2n) is 4.72. The Morgan fingerprint density at radius 1 is 1.09 bits per heavy atom. The smallest absolute Gasteiger partial charge is 0.239 e. The molecule has 22 heavy (non-hydrogen) atoms. The molecule has 4 nitrogen and oxygen atoms in total. The van der Waals surface area contributed by atoms with Gasteiger partial charge in [-0.25, -0.2) is 8.42 Å². The molecular weight excluding hydrogens is 296 g/mol. The highest BCUT2D eigenvalue weighted by atomic mass is 32.2. The molecule has 5 heteroatoms. The van der Waals surface area contributed by atoms with E-state index in [1.807, 2.05) is 12.1 Å². The number of hydrogen-bond acceptors (Lipinski definition) is 3. The third-order valence-corrected chi connectivity index (χ3v) is 4.84. The Morgan fingerprint density at radius 3 is 2.27 bits per heavy atom. The lowest BCUT2D eigenvalue weighted by molar-refractivity contribution is 0.592. The number of sulfonamides is 1. The maximum Gasteiger partial charge on any atom is 0.239 e. The number of hydrogen-bond donors (Lipinski definition) is 0. The molecule has 2 rings (SSSR count). The van der Waals surface area contributed by atoms with E-state index < -0.39 is 10.0 Å². The Labute approximate surface area is 131 Å². The van der Waals surface area contributed by atoms with E-state index >= 15 is 0 Å². The SMILES string of the molecule is C=CCN(c1ccccc1)S(=O)(=O)Cc1ccc(C#N)cc1. The van der Waals surface area contributed by atoms with Crippen LogP contribution in [0.2, 0.25) is 0 Å². The van der Waals surface area contributed by atoms with Gasteiger partial charge in [0.05, 0.1) is 29.6 Å². The van der Waals surface area contributed by atoms with Crippen molar-refractivity contribution in [3.8, 4) is 6.07 Å². The van der Waals surface area contributed by atoms with Crippen LogP contribution in [0.25, 0.3) is 0 Å². The fourth-order valence-electron chi connectivity index (χ4n) is 2.06. The number of benzene rings is 2. The molecule has 0 aliphatic rings. The van der Waals surface area contributed by atoms with Gasteiger partial charge >= 0.3 is 0 Å². The summed E-state index contributed by atoms with van der Waals surface area (Å²) in [4.78, 5) is 0. The van der Waals surface area contributed by atoms with Crippen LogP contribution in [0.15, 0.2) is 67.3 Å². The van der Waals surface area contributed by atoms with Gasteiger partial charge in [0.1, 0.15) is 0 Å². The first kappa shape index (κ1) is 15.8. The molecule has 2 aromatic rings. The van der Waals surface area contributed by atoms with E-state index in [0.29, 0.717) is 16.8 Å². The third-order valence-electron chi connectivity index (χ3n) is 3.11. The van der Waals surface area contributed by atoms with Gasteiger partial charge in [-0.2, -0.15) is 5.26 Å². The average Bonchev–Trinajstić information content (AvgIpc) is 2.53. The highest BCUT2D eigenvalue weighted by Gasteiger charge is 2.21. The van der Waals surface area contributed by atoms with Crippen molar-refractivity contribution in [3.05, 3.63) is 78.4 Å². The molecule has 0 amide bonds. The van der Waals surface area contributed by atoms with Gasteiger partial charge in [-0.3, -0.25) is 4.31 Å². The van der Waals surface area contributed by atoms with Gasteiger partial charge in [-0.1, -0.05) is 36.4 Å². The Hall–Kier alpha value is -2.58. The van der Waals surface area contributed by atoms with Crippen LogP contribution in [0.1, 0.15) is 11.1 Å². The van der Waals surface area contributed by atoms with E-state index in [2.05, 4.69) is 6.58 Å². The van der Waals surface area contributed by atoms with Crippen molar-refractivity contribution < 1.29 is 8.42 Å². The molecule has 0 fully saturated rings. The van der Waals surface area contributed by atoms with Crippen LogP contribution in [0, 0.1) is 11.3 Å². The quantitative estimate of drug-likeness (QED) is 0.770. The number of rotatable bonds is 6. The van der Waals surface area contributed by atoms with E-state index in [-0.39, 0.29) is 12.3 Å². The molecular formula is C17H16N2O2S. The lowest BCUT2D eigenvalue weighted by atomic mass is 10.2. The minimum Gasteiger partial charge on any atom is -0.266 e. The zero-order valence-electron chi connectivity index (χ0n) is 12.0. The van der Waals surface area contributed by atoms with E-state index in [4.69, 9.17) is 5.26 Å². The fraction of sp³-hybridized carbons (Fsp3) is 0.118. The van der Waals surface area contributed by atoms with Gasteiger partial charge in [0.15, 0.2) is 0 Å². The third kappa shape index (κ3) is 3.74. The van der Waals surface area contributed by atoms with Crippen LogP contribution in [-0.2, 0) is 15.8 Å². The topological polar surface area (TPSA) is 61.2 Å². The van der Waals surface area contributed by atoms with Crippen molar-refractivity contribution in [1.29, 1.82) is 5.26 Å². The van der Waals surface area contributed by atoms with Gasteiger partial charge in [-0.15, -0.1) is 6.58 Å². The van der Waals surface area contributed by atoms with Crippen LogP contribution in [0.3, 0.4) is 0 Å². The molecule has 0 radical (unpaired) electrons. The van der Waals surface area contributed by atoms with Gasteiger partial charge < -0.3 is 0 Å². The van der Waals surface area contributed by atoms with Crippen LogP contribution >= 0.6 is 0 Å². The largest absolute Gasteiger partial charge is 0.266 e. The van der Waals surface area contributed by atoms with Crippen molar-refractivity contribution in [2.45, 2.75) is 5.75 Å². The molecule has 0 aromatic heterocycles. The maximum absolute atomic E-state index is 12.7. The summed E-state index contributed by atoms with van der Waals surface area (Å²) in [6.45, 7) is 3.84. The standard InChI is InChI=1S/C17H16N2O2S/c1-2-12-19(17-6-4-3-5-7-17)22(20,21)14-16-10-8-15(13-18)9-11-16/h2-11H,1,12,14H2. The Balaban J connectivity index is 2.29. The van der Waals surface area contributed by atoms with E-state index in [0.717, 1.165) is 0 Å². The second-order valence-corrected chi connectivity index (χ2v) is 6.61. The van der Waals surface area contributed by atoms with E-state index in [1.165, 1.54) is 4.31 Å². The summed E-state index contributed by atoms with van der Waals surface area (Å²) in [5.41, 5.74) is 1.76. The molecule has 2 aromatic carbocycles. The molecule has 112 valence electrons. The second kappa shape index (κ2) is 6.92. The summed E-state index contributed by atoms with van der Waals surface area (Å²) in [5, 5.41) is 8.78. The first-order chi connectivity index (χ1) is 10.6. The van der Waals surface area contributed by atoms with Crippen molar-refractivity contribution >= 4 is 15.7 Å². The average molecular weight is 312 g/mol. The van der Waals surface area contributed by atoms with Crippen LogP contribution < -0.4 is 4.31 Å². The highest BCUT2D eigenvalue weighted by Crippen LogP contribution is 2.20. The van der Waals surface area contributed by atoms with Gasteiger partial charge in [-0.05, 0) is 29.8 Å². The summed E-state index contributed by atoms with van der Waals surface area (Å²) in [6, 6.07) is 17.5. The molecule has 0 unspecified atom stereocenters. The predicted molar refractivity (Wildman–Crippen MR) is 87.8 cm³/mol. The van der Waals surface area contributed by atoms with Crippen molar-refractivity contribution in [2.75, 3.05) is 10.8 Å². The number of nitrogens with zero attached hydrogens (tertiary/aromatic N) is 2. The van der Waals surface area contributed by atoms with Gasteiger partial charge in [0, 0.05) is 0 Å². The number of para-hydroxylation sites is 1. The molecule has 0 bridgehead atoms. The molecule has 0 heterocycles. The molecule has 0 aliphatic heterocycles. The lowest BCUT2D eigenvalue weighted by Gasteiger charge is -2.23. The van der Waals surface area contributed by atoms with Crippen molar-refractivity contribution in [3.63, 3.8) is 0 Å². The monoisotopic (exact) mass is 312 g/mol. The minimum absolute atomic E-state index is 0.124. The first-order valence-electron chi connectivity index (χ1n) is 6.72. The molecule has 0 saturated carbocycles. The molecule has 0 N–H and O–H groups in total. The summed E-state index contributed by atoms with van der Waals surface area (Å²) >= 11 is 0. The Kier molecular flexibility index (Phi) is 4.97. The summed E-state index contributed by atoms with van der Waals surface area (Å²) in [5.74, 6) is -0.124. The summed E-state index contributed by atoms with van der Waals surface area (Å²) < 4.78 is 26.6. The zero-order chi connectivity index (χ0) is 16.0. The molecule has 0 saturated heterocycles. The van der Waals surface area contributed by atoms with Crippen LogP contribution in [0.4, 0.5) is 5.69 Å². The predicted octanol–water partition coefficient (Wildman–Crippen LogP) is 3.08. The van der Waals surface area contributed by atoms with Crippen molar-refractivity contribution in [1.82, 2.24) is 0 Å². The number of anilines is 1. The molecule has 0 atom stereocenters. The summed E-state index contributed by atoms with van der Waals surface area (Å²) in [7, 11) is -3.53. The fourth-order valence-corrected chi connectivity index (χ4v) is 3.60. The van der Waals surface area contributed by atoms with Crippen molar-refractivity contribution in [2.24, 2.45) is 0 Å². The highest BCUT2D eigenvalue weighted by molar-refractivity contribution is 7.92. The molecule has 0 aliphatic carbocycles. The lowest BCUT2D eigenvalue weighted by Crippen LogP contribution is -2.32. The number of nitriles is 1. The van der Waals surface area contributed by atoms with E-state index in [9.17, 15) is 8.42 Å². The van der Waals surface area contributed by atoms with Crippen LogP contribution in [0.5, 0.6) is 0 Å². The minimum atomic E-state index is -3.53. The zero-order valence-corrected chi connectivity index (χ0v) is 12.8. The first-order valence-corrected chi connectivity index (χ1v) is 8.33. The van der Waals surface area contributed by atoms with Gasteiger partial charge in [0.2, 0.25) is 10.0 Å². The Bertz CT molecular complexity index is 776.